The molecule has 0 aliphatic carbocycles. The van der Waals surface area contributed by atoms with Gasteiger partial charge in [0.1, 0.15) is 5.54 Å². The van der Waals surface area contributed by atoms with Crippen LogP contribution in [-0.2, 0) is 20.5 Å². The molecule has 0 atom stereocenters. The Labute approximate surface area is 137 Å². The molecule has 1 aromatic rings. The maximum Gasteiger partial charge on any atom is 0.422 e. The largest absolute Gasteiger partial charge is 0.468 e. The number of ether oxygens (including phenoxy) is 2. The fraction of sp³-hybridized carbons (Fsp3) is 0.625. The highest BCUT2D eigenvalue weighted by Gasteiger charge is 2.55. The Morgan fingerprint density at radius 3 is 2.46 bits per heavy atom. The Morgan fingerprint density at radius 2 is 1.96 bits per heavy atom. The van der Waals surface area contributed by atoms with Gasteiger partial charge in [-0.2, -0.15) is 13.2 Å². The molecule has 132 valence electrons. The average molecular weight is 344 g/mol. The lowest BCUT2D eigenvalue weighted by molar-refractivity contribution is -0.154. The summed E-state index contributed by atoms with van der Waals surface area (Å²) in [6.07, 6.45) is -3.45. The zero-order valence-corrected chi connectivity index (χ0v) is 13.5. The summed E-state index contributed by atoms with van der Waals surface area (Å²) < 4.78 is 47.2. The highest BCUT2D eigenvalue weighted by Crippen LogP contribution is 2.45. The Morgan fingerprint density at radius 1 is 1.29 bits per heavy atom. The molecular formula is C16H19F3N2O3. The number of rotatable bonds is 4. The average Bonchev–Trinajstić information content (AvgIpc) is 2.50. The third-order valence-electron chi connectivity index (χ3n) is 4.91. The van der Waals surface area contributed by atoms with E-state index in [0.717, 1.165) is 5.56 Å². The molecule has 1 amide bonds. The van der Waals surface area contributed by atoms with Gasteiger partial charge in [-0.05, 0) is 18.9 Å². The number of hydrogen-bond donors (Lipinski definition) is 1. The van der Waals surface area contributed by atoms with Crippen molar-refractivity contribution < 1.29 is 27.4 Å². The Balaban J connectivity index is 2.05. The molecule has 1 saturated heterocycles. The first-order valence-corrected chi connectivity index (χ1v) is 7.88. The van der Waals surface area contributed by atoms with Crippen molar-refractivity contribution in [2.75, 3.05) is 19.8 Å². The lowest BCUT2D eigenvalue weighted by Crippen LogP contribution is -2.67. The minimum absolute atomic E-state index is 0.123. The molecule has 24 heavy (non-hydrogen) atoms. The van der Waals surface area contributed by atoms with Gasteiger partial charge in [-0.1, -0.05) is 13.8 Å². The summed E-state index contributed by atoms with van der Waals surface area (Å²) in [4.78, 5) is 17.1. The van der Waals surface area contributed by atoms with Crippen molar-refractivity contribution in [3.63, 3.8) is 0 Å². The molecule has 1 fully saturated rings. The molecule has 1 N–H and O–H groups in total. The Hall–Kier alpha value is -1.83. The van der Waals surface area contributed by atoms with Gasteiger partial charge in [0.25, 0.3) is 0 Å². The van der Waals surface area contributed by atoms with Crippen molar-refractivity contribution in [1.29, 1.82) is 0 Å². The molecule has 3 heterocycles. The van der Waals surface area contributed by atoms with Crippen LogP contribution in [0.1, 0.15) is 37.9 Å². The van der Waals surface area contributed by atoms with Crippen molar-refractivity contribution in [3.05, 3.63) is 23.4 Å². The standard InChI is InChI=1S/C16H19F3N2O3/c1-3-14(4-2)12-10(15(7-23-8-15)21-13(14)22)5-6-11(20-12)24-9-16(17,18)19/h5-6H,3-4,7-9H2,1-2H3,(H,21,22). The first-order chi connectivity index (χ1) is 11.3. The number of amides is 1. The van der Waals surface area contributed by atoms with Gasteiger partial charge in [-0.15, -0.1) is 0 Å². The first-order valence-electron chi connectivity index (χ1n) is 7.88. The number of alkyl halides is 3. The zero-order valence-electron chi connectivity index (χ0n) is 13.5. The predicted molar refractivity (Wildman–Crippen MR) is 78.7 cm³/mol. The van der Waals surface area contributed by atoms with Gasteiger partial charge >= 0.3 is 6.18 Å². The van der Waals surface area contributed by atoms with Crippen molar-refractivity contribution in [2.24, 2.45) is 0 Å². The molecule has 0 unspecified atom stereocenters. The number of nitrogens with zero attached hydrogens (tertiary/aromatic N) is 1. The lowest BCUT2D eigenvalue weighted by Gasteiger charge is -2.50. The molecular weight excluding hydrogens is 325 g/mol. The van der Waals surface area contributed by atoms with Crippen LogP contribution in [0.4, 0.5) is 13.2 Å². The fourth-order valence-corrected chi connectivity index (χ4v) is 3.38. The molecule has 2 aliphatic rings. The minimum atomic E-state index is -4.44. The van der Waals surface area contributed by atoms with E-state index in [4.69, 9.17) is 9.47 Å². The summed E-state index contributed by atoms with van der Waals surface area (Å²) in [7, 11) is 0. The summed E-state index contributed by atoms with van der Waals surface area (Å²) in [5.74, 6) is -0.286. The number of pyridine rings is 1. The summed E-state index contributed by atoms with van der Waals surface area (Å²) in [6, 6.07) is 3.11. The normalized spacial score (nSPS) is 21.0. The van der Waals surface area contributed by atoms with Crippen molar-refractivity contribution >= 4 is 5.91 Å². The molecule has 3 rings (SSSR count). The van der Waals surface area contributed by atoms with Crippen molar-refractivity contribution in [1.82, 2.24) is 10.3 Å². The van der Waals surface area contributed by atoms with Gasteiger partial charge in [0.15, 0.2) is 6.61 Å². The lowest BCUT2D eigenvalue weighted by atomic mass is 9.68. The van der Waals surface area contributed by atoms with E-state index in [1.54, 1.807) is 6.07 Å². The van der Waals surface area contributed by atoms with Gasteiger partial charge in [0.2, 0.25) is 11.8 Å². The van der Waals surface area contributed by atoms with E-state index in [-0.39, 0.29) is 11.8 Å². The predicted octanol–water partition coefficient (Wildman–Crippen LogP) is 2.44. The number of fused-ring (bicyclic) bond motifs is 2. The SMILES string of the molecule is CCC1(CC)C(=O)NC2(COC2)c2ccc(OCC(F)(F)F)nc21. The third kappa shape index (κ3) is 2.53. The minimum Gasteiger partial charge on any atom is -0.468 e. The third-order valence-corrected chi connectivity index (χ3v) is 4.91. The smallest absolute Gasteiger partial charge is 0.422 e. The van der Waals surface area contributed by atoms with Crippen LogP contribution >= 0.6 is 0 Å². The summed E-state index contributed by atoms with van der Waals surface area (Å²) in [5.41, 5.74) is -0.195. The number of aromatic nitrogens is 1. The maximum atomic E-state index is 12.8. The van der Waals surface area contributed by atoms with Crippen molar-refractivity contribution in [2.45, 2.75) is 43.8 Å². The quantitative estimate of drug-likeness (QED) is 0.911. The van der Waals surface area contributed by atoms with Crippen molar-refractivity contribution in [3.8, 4) is 5.88 Å². The first kappa shape index (κ1) is 17.0. The number of carbonyl (C=O) groups is 1. The van der Waals surface area contributed by atoms with E-state index in [1.807, 2.05) is 13.8 Å². The summed E-state index contributed by atoms with van der Waals surface area (Å²) >= 11 is 0. The van der Waals surface area contributed by atoms with Crippen LogP contribution in [0, 0.1) is 0 Å². The number of carbonyl (C=O) groups excluding carboxylic acids is 1. The van der Waals surface area contributed by atoms with Crippen LogP contribution in [0.5, 0.6) is 5.88 Å². The van der Waals surface area contributed by atoms with Gasteiger partial charge in [0.05, 0.1) is 24.3 Å². The molecule has 0 bridgehead atoms. The van der Waals surface area contributed by atoms with E-state index >= 15 is 0 Å². The summed E-state index contributed by atoms with van der Waals surface area (Å²) in [5, 5.41) is 3.03. The van der Waals surface area contributed by atoms with Crippen LogP contribution < -0.4 is 10.1 Å². The van der Waals surface area contributed by atoms with Crippen LogP contribution in [0.2, 0.25) is 0 Å². The van der Waals surface area contributed by atoms with Crippen LogP contribution in [0.25, 0.3) is 0 Å². The van der Waals surface area contributed by atoms with E-state index in [9.17, 15) is 18.0 Å². The molecule has 5 nitrogen and oxygen atoms in total. The number of hydrogen-bond acceptors (Lipinski definition) is 4. The van der Waals surface area contributed by atoms with E-state index in [0.29, 0.717) is 31.7 Å². The molecule has 2 aliphatic heterocycles. The van der Waals surface area contributed by atoms with Gasteiger partial charge < -0.3 is 14.8 Å². The van der Waals surface area contributed by atoms with E-state index in [2.05, 4.69) is 10.3 Å². The topological polar surface area (TPSA) is 60.5 Å². The van der Waals surface area contributed by atoms with Crippen LogP contribution in [0.15, 0.2) is 12.1 Å². The molecule has 0 saturated carbocycles. The Kier molecular flexibility index (Phi) is 3.98. The zero-order chi connectivity index (χ0) is 17.6. The summed E-state index contributed by atoms with van der Waals surface area (Å²) in [6.45, 7) is 2.99. The number of halogens is 3. The molecule has 1 spiro atoms. The Bertz CT molecular complexity index is 652. The molecule has 8 heteroatoms. The fourth-order valence-electron chi connectivity index (χ4n) is 3.38. The second kappa shape index (κ2) is 5.61. The maximum absolute atomic E-state index is 12.8. The molecule has 0 aromatic carbocycles. The monoisotopic (exact) mass is 344 g/mol. The van der Waals surface area contributed by atoms with Gasteiger partial charge in [0, 0.05) is 11.6 Å². The van der Waals surface area contributed by atoms with E-state index < -0.39 is 23.7 Å². The van der Waals surface area contributed by atoms with Crippen LogP contribution in [0.3, 0.4) is 0 Å². The second-order valence-electron chi connectivity index (χ2n) is 6.27. The van der Waals surface area contributed by atoms with Crippen LogP contribution in [-0.4, -0.2) is 36.9 Å². The molecule has 1 aromatic heterocycles. The van der Waals surface area contributed by atoms with Gasteiger partial charge in [-0.3, -0.25) is 4.79 Å². The number of nitrogens with one attached hydrogen (secondary N) is 1. The highest BCUT2D eigenvalue weighted by molar-refractivity contribution is 5.91. The molecule has 0 radical (unpaired) electrons. The highest BCUT2D eigenvalue weighted by atomic mass is 19.4. The van der Waals surface area contributed by atoms with Gasteiger partial charge in [-0.25, -0.2) is 4.98 Å². The second-order valence-corrected chi connectivity index (χ2v) is 6.27. The van der Waals surface area contributed by atoms with E-state index in [1.165, 1.54) is 6.07 Å².